The topological polar surface area (TPSA) is 68.5 Å². The van der Waals surface area contributed by atoms with E-state index >= 15 is 0 Å². The lowest BCUT2D eigenvalue weighted by atomic mass is 9.82. The van der Waals surface area contributed by atoms with Crippen molar-refractivity contribution in [2.24, 2.45) is 11.7 Å². The molecule has 2 heterocycles. The van der Waals surface area contributed by atoms with Crippen LogP contribution >= 0.6 is 0 Å². The fourth-order valence-corrected chi connectivity index (χ4v) is 2.95. The number of nitrogens with two attached hydrogens (primary N) is 1. The summed E-state index contributed by atoms with van der Waals surface area (Å²) in [5.41, 5.74) is 5.92. The Morgan fingerprint density at radius 3 is 2.84 bits per heavy atom. The fourth-order valence-electron chi connectivity index (χ4n) is 2.95. The second-order valence-electron chi connectivity index (χ2n) is 5.44. The third-order valence-electron chi connectivity index (χ3n) is 4.14. The molecule has 1 unspecified atom stereocenters. The maximum absolute atomic E-state index is 12.4. The molecule has 102 valence electrons. The summed E-state index contributed by atoms with van der Waals surface area (Å²) in [5.74, 6) is 1.58. The molecule has 0 spiro atoms. The fraction of sp³-hybridized carbons (Fsp3) is 0.571. The second kappa shape index (κ2) is 4.81. The number of hydrogen-bond donors (Lipinski definition) is 1. The van der Waals surface area contributed by atoms with Gasteiger partial charge < -0.3 is 10.5 Å². The van der Waals surface area contributed by atoms with E-state index < -0.39 is 0 Å². The van der Waals surface area contributed by atoms with Crippen molar-refractivity contribution >= 4 is 11.7 Å². The monoisotopic (exact) mass is 261 g/mol. The predicted octanol–water partition coefficient (Wildman–Crippen LogP) is 1.32. The molecule has 1 aliphatic carbocycles. The Labute approximate surface area is 112 Å². The van der Waals surface area contributed by atoms with Crippen molar-refractivity contribution in [1.82, 2.24) is 4.98 Å². The van der Waals surface area contributed by atoms with Crippen molar-refractivity contribution in [2.75, 3.05) is 11.9 Å². The van der Waals surface area contributed by atoms with E-state index in [0.717, 1.165) is 25.7 Å². The van der Waals surface area contributed by atoms with Crippen molar-refractivity contribution in [3.05, 3.63) is 18.3 Å². The van der Waals surface area contributed by atoms with Gasteiger partial charge in [0.15, 0.2) is 17.7 Å². The molecule has 1 atom stereocenters. The van der Waals surface area contributed by atoms with Gasteiger partial charge in [-0.05, 0) is 37.8 Å². The summed E-state index contributed by atoms with van der Waals surface area (Å²) in [6.45, 7) is 0. The molecule has 1 aliphatic heterocycles. The van der Waals surface area contributed by atoms with Crippen molar-refractivity contribution in [3.8, 4) is 5.75 Å². The van der Waals surface area contributed by atoms with Crippen LogP contribution < -0.4 is 15.4 Å². The van der Waals surface area contributed by atoms with Gasteiger partial charge in [0.2, 0.25) is 0 Å². The van der Waals surface area contributed by atoms with Gasteiger partial charge in [-0.1, -0.05) is 0 Å². The van der Waals surface area contributed by atoms with E-state index in [-0.39, 0.29) is 24.0 Å². The summed E-state index contributed by atoms with van der Waals surface area (Å²) < 4.78 is 5.89. The minimum atomic E-state index is -0.380. The van der Waals surface area contributed by atoms with E-state index in [9.17, 15) is 4.79 Å². The summed E-state index contributed by atoms with van der Waals surface area (Å²) in [7, 11) is 1.76. The van der Waals surface area contributed by atoms with Gasteiger partial charge in [0.05, 0.1) is 0 Å². The van der Waals surface area contributed by atoms with Crippen LogP contribution in [0.3, 0.4) is 0 Å². The molecule has 2 N–H and O–H groups in total. The van der Waals surface area contributed by atoms with Crippen molar-refractivity contribution in [3.63, 3.8) is 0 Å². The van der Waals surface area contributed by atoms with Crippen molar-refractivity contribution < 1.29 is 9.53 Å². The molecular formula is C14H19N3O2. The lowest BCUT2D eigenvalue weighted by molar-refractivity contribution is -0.129. The smallest absolute Gasteiger partial charge is 0.269 e. The van der Waals surface area contributed by atoms with Gasteiger partial charge in [-0.15, -0.1) is 0 Å². The molecule has 0 aromatic carbocycles. The molecule has 1 fully saturated rings. The number of ether oxygens (including phenoxy) is 1. The van der Waals surface area contributed by atoms with Gasteiger partial charge in [0.25, 0.3) is 5.91 Å². The number of carbonyl (C=O) groups excluding carboxylic acids is 1. The number of aromatic nitrogens is 1. The Hall–Kier alpha value is -1.62. The number of carbonyl (C=O) groups is 1. The summed E-state index contributed by atoms with van der Waals surface area (Å²) in [6.07, 6.45) is 5.16. The summed E-state index contributed by atoms with van der Waals surface area (Å²) >= 11 is 0. The van der Waals surface area contributed by atoms with Gasteiger partial charge in [0.1, 0.15) is 0 Å². The van der Waals surface area contributed by atoms with E-state index in [1.807, 2.05) is 12.1 Å². The SMILES string of the molecule is CN1C(=O)C(C2CCC(N)CC2)Oc2cccnc21. The molecule has 1 aromatic heterocycles. The van der Waals surface area contributed by atoms with Crippen LogP contribution in [0.25, 0.3) is 0 Å². The number of nitrogens with zero attached hydrogens (tertiary/aromatic N) is 2. The second-order valence-corrected chi connectivity index (χ2v) is 5.44. The highest BCUT2D eigenvalue weighted by atomic mass is 16.5. The normalized spacial score (nSPS) is 30.7. The highest BCUT2D eigenvalue weighted by Gasteiger charge is 2.39. The van der Waals surface area contributed by atoms with Gasteiger partial charge in [-0.3, -0.25) is 9.69 Å². The zero-order valence-electron chi connectivity index (χ0n) is 11.1. The first-order valence-electron chi connectivity index (χ1n) is 6.81. The first-order valence-corrected chi connectivity index (χ1v) is 6.81. The molecule has 5 heteroatoms. The lowest BCUT2D eigenvalue weighted by Crippen LogP contribution is -2.49. The van der Waals surface area contributed by atoms with Gasteiger partial charge in [0, 0.05) is 25.2 Å². The van der Waals surface area contributed by atoms with E-state index in [1.165, 1.54) is 0 Å². The third kappa shape index (κ3) is 2.18. The highest BCUT2D eigenvalue weighted by molar-refractivity contribution is 5.98. The van der Waals surface area contributed by atoms with E-state index in [4.69, 9.17) is 10.5 Å². The van der Waals surface area contributed by atoms with E-state index in [1.54, 1.807) is 18.1 Å². The van der Waals surface area contributed by atoms with Crippen LogP contribution in [0, 0.1) is 5.92 Å². The third-order valence-corrected chi connectivity index (χ3v) is 4.14. The summed E-state index contributed by atoms with van der Waals surface area (Å²) in [6, 6.07) is 3.98. The van der Waals surface area contributed by atoms with Crippen LogP contribution in [0.4, 0.5) is 5.82 Å². The number of fused-ring (bicyclic) bond motifs is 1. The Bertz CT molecular complexity index is 483. The van der Waals surface area contributed by atoms with Crippen LogP contribution in [0.2, 0.25) is 0 Å². The molecule has 5 nitrogen and oxygen atoms in total. The standard InChI is InChI=1S/C14H19N3O2/c1-17-13-11(3-2-8-16-13)19-12(14(17)18)9-4-6-10(15)7-5-9/h2-3,8-10,12H,4-7,15H2,1H3. The zero-order chi connectivity index (χ0) is 13.4. The average molecular weight is 261 g/mol. The molecule has 3 rings (SSSR count). The number of pyridine rings is 1. The molecule has 19 heavy (non-hydrogen) atoms. The number of hydrogen-bond acceptors (Lipinski definition) is 4. The first kappa shape index (κ1) is 12.4. The van der Waals surface area contributed by atoms with Crippen molar-refractivity contribution in [2.45, 2.75) is 37.8 Å². The lowest BCUT2D eigenvalue weighted by Gasteiger charge is -2.37. The van der Waals surface area contributed by atoms with Gasteiger partial charge in [-0.25, -0.2) is 4.98 Å². The van der Waals surface area contributed by atoms with Crippen molar-refractivity contribution in [1.29, 1.82) is 0 Å². The largest absolute Gasteiger partial charge is 0.476 e. The van der Waals surface area contributed by atoms with Crippen LogP contribution in [0.15, 0.2) is 18.3 Å². The molecule has 1 aromatic rings. The van der Waals surface area contributed by atoms with Crippen LogP contribution in [-0.4, -0.2) is 30.1 Å². The number of anilines is 1. The molecule has 0 bridgehead atoms. The maximum Gasteiger partial charge on any atom is 0.269 e. The number of likely N-dealkylation sites (N-methyl/N-ethyl adjacent to an activating group) is 1. The molecule has 1 saturated carbocycles. The highest BCUT2D eigenvalue weighted by Crippen LogP contribution is 2.36. The van der Waals surface area contributed by atoms with E-state index in [2.05, 4.69) is 4.98 Å². The minimum absolute atomic E-state index is 0.00618. The molecule has 2 aliphatic rings. The number of rotatable bonds is 1. The minimum Gasteiger partial charge on any atom is -0.476 e. The molecule has 0 radical (unpaired) electrons. The Kier molecular flexibility index (Phi) is 3.14. The Morgan fingerprint density at radius 1 is 1.37 bits per heavy atom. The summed E-state index contributed by atoms with van der Waals surface area (Å²) in [5, 5.41) is 0. The van der Waals surface area contributed by atoms with Gasteiger partial charge in [-0.2, -0.15) is 0 Å². The summed E-state index contributed by atoms with van der Waals surface area (Å²) in [4.78, 5) is 18.2. The van der Waals surface area contributed by atoms with Crippen LogP contribution in [0.1, 0.15) is 25.7 Å². The molecule has 1 amide bonds. The Morgan fingerprint density at radius 2 is 2.11 bits per heavy atom. The quantitative estimate of drug-likeness (QED) is 0.828. The zero-order valence-corrected chi connectivity index (χ0v) is 11.1. The number of amides is 1. The maximum atomic E-state index is 12.4. The molecular weight excluding hydrogens is 242 g/mol. The average Bonchev–Trinajstić information content (AvgIpc) is 2.44. The first-order chi connectivity index (χ1) is 9.16. The van der Waals surface area contributed by atoms with E-state index in [0.29, 0.717) is 11.6 Å². The van der Waals surface area contributed by atoms with Crippen LogP contribution in [-0.2, 0) is 4.79 Å². The predicted molar refractivity (Wildman–Crippen MR) is 72.0 cm³/mol. The molecule has 0 saturated heterocycles. The van der Waals surface area contributed by atoms with Gasteiger partial charge >= 0.3 is 0 Å². The Balaban J connectivity index is 1.83. The van der Waals surface area contributed by atoms with Crippen LogP contribution in [0.5, 0.6) is 5.75 Å².